The van der Waals surface area contributed by atoms with E-state index in [-0.39, 0.29) is 21.5 Å². The highest BCUT2D eigenvalue weighted by Gasteiger charge is 2.29. The molecule has 0 atom stereocenters. The van der Waals surface area contributed by atoms with E-state index in [0.29, 0.717) is 4.47 Å². The molecule has 0 aliphatic rings. The van der Waals surface area contributed by atoms with Crippen molar-refractivity contribution < 1.29 is 13.5 Å². The second-order valence-corrected chi connectivity index (χ2v) is 7.70. The molecule has 18 heavy (non-hydrogen) atoms. The van der Waals surface area contributed by atoms with Crippen molar-refractivity contribution in [2.24, 2.45) is 0 Å². The first-order valence-electron chi connectivity index (χ1n) is 4.88. The third kappa shape index (κ3) is 3.82. The normalized spacial score (nSPS) is 12.8. The Bertz CT molecular complexity index is 537. The molecule has 0 heterocycles. The van der Waals surface area contributed by atoms with Gasteiger partial charge in [0.1, 0.15) is 4.90 Å². The predicted molar refractivity (Wildman–Crippen MR) is 75.6 cm³/mol. The highest BCUT2D eigenvalue weighted by atomic mass is 79.9. The molecule has 1 rings (SSSR count). The van der Waals surface area contributed by atoms with Crippen molar-refractivity contribution in [2.45, 2.75) is 24.3 Å². The van der Waals surface area contributed by atoms with Gasteiger partial charge in [0, 0.05) is 4.47 Å². The van der Waals surface area contributed by atoms with Crippen LogP contribution in [-0.2, 0) is 10.0 Å². The summed E-state index contributed by atoms with van der Waals surface area (Å²) in [5.74, 6) is 0. The van der Waals surface area contributed by atoms with Crippen LogP contribution in [0.2, 0.25) is 10.0 Å². The Hall–Kier alpha value is 0.150. The van der Waals surface area contributed by atoms with Crippen LogP contribution in [0.3, 0.4) is 0 Å². The maximum Gasteiger partial charge on any atom is 0.244 e. The van der Waals surface area contributed by atoms with Gasteiger partial charge in [-0.2, -0.15) is 0 Å². The van der Waals surface area contributed by atoms with Gasteiger partial charge in [0.15, 0.2) is 0 Å². The second-order valence-electron chi connectivity index (χ2n) is 4.35. The molecule has 1 aromatic carbocycles. The number of benzene rings is 1. The second kappa shape index (κ2) is 5.64. The quantitative estimate of drug-likeness (QED) is 0.848. The fourth-order valence-corrected chi connectivity index (χ4v) is 4.58. The van der Waals surface area contributed by atoms with E-state index in [4.69, 9.17) is 28.3 Å². The van der Waals surface area contributed by atoms with Gasteiger partial charge in [-0.15, -0.1) is 0 Å². The van der Waals surface area contributed by atoms with E-state index in [1.54, 1.807) is 13.8 Å². The number of rotatable bonds is 4. The maximum absolute atomic E-state index is 12.2. The van der Waals surface area contributed by atoms with Gasteiger partial charge in [-0.3, -0.25) is 0 Å². The molecule has 0 fully saturated rings. The van der Waals surface area contributed by atoms with E-state index in [0.717, 1.165) is 0 Å². The van der Waals surface area contributed by atoms with Gasteiger partial charge in [-0.1, -0.05) is 39.1 Å². The van der Waals surface area contributed by atoms with Gasteiger partial charge in [0.2, 0.25) is 10.0 Å². The van der Waals surface area contributed by atoms with Crippen molar-refractivity contribution in [2.75, 3.05) is 6.61 Å². The highest BCUT2D eigenvalue weighted by molar-refractivity contribution is 9.10. The van der Waals surface area contributed by atoms with Crippen LogP contribution >= 0.6 is 39.1 Å². The summed E-state index contributed by atoms with van der Waals surface area (Å²) in [6, 6.07) is 2.88. The minimum absolute atomic E-state index is 0.00983. The van der Waals surface area contributed by atoms with Crippen molar-refractivity contribution in [1.82, 2.24) is 4.72 Å². The molecule has 0 amide bonds. The van der Waals surface area contributed by atoms with Crippen molar-refractivity contribution in [3.63, 3.8) is 0 Å². The van der Waals surface area contributed by atoms with Crippen LogP contribution in [0.1, 0.15) is 13.8 Å². The lowest BCUT2D eigenvalue weighted by atomic mass is 10.1. The van der Waals surface area contributed by atoms with Crippen LogP contribution in [0.25, 0.3) is 0 Å². The standard InChI is InChI=1S/C10H12BrCl2NO3S/c1-10(2,5-15)14-18(16,17)9-7(12)3-6(11)4-8(9)13/h3-4,14-15H,5H2,1-2H3. The highest BCUT2D eigenvalue weighted by Crippen LogP contribution is 2.33. The Morgan fingerprint density at radius 3 is 2.17 bits per heavy atom. The number of aliphatic hydroxyl groups is 1. The van der Waals surface area contributed by atoms with Crippen LogP contribution in [0.15, 0.2) is 21.5 Å². The van der Waals surface area contributed by atoms with E-state index >= 15 is 0 Å². The first kappa shape index (κ1) is 16.2. The van der Waals surface area contributed by atoms with E-state index in [9.17, 15) is 8.42 Å². The lowest BCUT2D eigenvalue weighted by Gasteiger charge is -2.23. The SMILES string of the molecule is CC(C)(CO)NS(=O)(=O)c1c(Cl)cc(Br)cc1Cl. The van der Waals surface area contributed by atoms with Crippen LogP contribution < -0.4 is 4.72 Å². The molecule has 8 heteroatoms. The van der Waals surface area contributed by atoms with Crippen LogP contribution in [0.5, 0.6) is 0 Å². The molecular weight excluding hydrogens is 365 g/mol. The number of hydrogen-bond donors (Lipinski definition) is 2. The van der Waals surface area contributed by atoms with Gasteiger partial charge in [0.05, 0.1) is 22.2 Å². The summed E-state index contributed by atoms with van der Waals surface area (Å²) in [6.45, 7) is 2.74. The Kier molecular flexibility index (Phi) is 5.08. The van der Waals surface area contributed by atoms with Crippen molar-refractivity contribution >= 4 is 49.2 Å². The van der Waals surface area contributed by atoms with Gasteiger partial charge >= 0.3 is 0 Å². The average Bonchev–Trinajstić information content (AvgIpc) is 2.13. The molecule has 0 radical (unpaired) electrons. The molecule has 0 saturated heterocycles. The summed E-state index contributed by atoms with van der Waals surface area (Å²) in [5.41, 5.74) is -1.00. The van der Waals surface area contributed by atoms with E-state index < -0.39 is 15.6 Å². The van der Waals surface area contributed by atoms with Crippen LogP contribution in [0, 0.1) is 0 Å². The number of sulfonamides is 1. The lowest BCUT2D eigenvalue weighted by molar-refractivity contribution is 0.208. The molecule has 0 aliphatic carbocycles. The van der Waals surface area contributed by atoms with Crippen molar-refractivity contribution in [1.29, 1.82) is 0 Å². The Labute approximate surface area is 124 Å². The van der Waals surface area contributed by atoms with E-state index in [1.807, 2.05) is 0 Å². The Morgan fingerprint density at radius 2 is 1.78 bits per heavy atom. The van der Waals surface area contributed by atoms with E-state index in [2.05, 4.69) is 20.7 Å². The van der Waals surface area contributed by atoms with Gasteiger partial charge in [0.25, 0.3) is 0 Å². The molecule has 4 nitrogen and oxygen atoms in total. The lowest BCUT2D eigenvalue weighted by Crippen LogP contribution is -2.46. The van der Waals surface area contributed by atoms with Gasteiger partial charge in [-0.25, -0.2) is 13.1 Å². The maximum atomic E-state index is 12.2. The summed E-state index contributed by atoms with van der Waals surface area (Å²) in [7, 11) is -3.90. The summed E-state index contributed by atoms with van der Waals surface area (Å²) in [4.78, 5) is -0.199. The third-order valence-electron chi connectivity index (χ3n) is 2.04. The Balaban J connectivity index is 3.30. The zero-order valence-electron chi connectivity index (χ0n) is 9.67. The Morgan fingerprint density at radius 1 is 1.33 bits per heavy atom. The van der Waals surface area contributed by atoms with Crippen molar-refractivity contribution in [3.05, 3.63) is 26.7 Å². The monoisotopic (exact) mass is 375 g/mol. The molecule has 0 spiro atoms. The molecule has 0 saturated carbocycles. The van der Waals surface area contributed by atoms with Crippen molar-refractivity contribution in [3.8, 4) is 0 Å². The van der Waals surface area contributed by atoms with Crippen LogP contribution in [-0.4, -0.2) is 25.7 Å². The minimum atomic E-state index is -3.90. The van der Waals surface area contributed by atoms with Gasteiger partial charge in [-0.05, 0) is 26.0 Å². The third-order valence-corrected chi connectivity index (χ3v) is 5.11. The summed E-state index contributed by atoms with van der Waals surface area (Å²) < 4.78 is 27.2. The fraction of sp³-hybridized carbons (Fsp3) is 0.400. The largest absolute Gasteiger partial charge is 0.394 e. The molecule has 0 bridgehead atoms. The molecule has 102 valence electrons. The fourth-order valence-electron chi connectivity index (χ4n) is 1.23. The topological polar surface area (TPSA) is 66.4 Å². The number of aliphatic hydroxyl groups excluding tert-OH is 1. The smallest absolute Gasteiger partial charge is 0.244 e. The zero-order chi connectivity index (χ0) is 14.1. The molecule has 0 aromatic heterocycles. The number of halogens is 3. The molecule has 0 unspecified atom stereocenters. The molecular formula is C10H12BrCl2NO3S. The first-order valence-corrected chi connectivity index (χ1v) is 7.92. The first-order chi connectivity index (χ1) is 8.09. The summed E-state index contributed by atoms with van der Waals surface area (Å²) >= 11 is 15.0. The summed E-state index contributed by atoms with van der Waals surface area (Å²) in [6.07, 6.45) is 0. The molecule has 1 aromatic rings. The molecule has 2 N–H and O–H groups in total. The minimum Gasteiger partial charge on any atom is -0.394 e. The van der Waals surface area contributed by atoms with Gasteiger partial charge < -0.3 is 5.11 Å². The van der Waals surface area contributed by atoms with Crippen LogP contribution in [0.4, 0.5) is 0 Å². The number of nitrogens with one attached hydrogen (secondary N) is 1. The predicted octanol–water partition coefficient (Wildman–Crippen LogP) is 2.81. The summed E-state index contributed by atoms with van der Waals surface area (Å²) in [5, 5.41) is 9.11. The average molecular weight is 377 g/mol. The van der Waals surface area contributed by atoms with E-state index in [1.165, 1.54) is 12.1 Å². The number of hydrogen-bond acceptors (Lipinski definition) is 3. The zero-order valence-corrected chi connectivity index (χ0v) is 13.6. The molecule has 0 aliphatic heterocycles.